The minimum Gasteiger partial charge on any atom is -0.396 e. The van der Waals surface area contributed by atoms with E-state index >= 15 is 0 Å². The van der Waals surface area contributed by atoms with Gasteiger partial charge in [0.2, 0.25) is 0 Å². The number of rotatable bonds is 3. The van der Waals surface area contributed by atoms with E-state index < -0.39 is 21.8 Å². The molecule has 210 valence electrons. The monoisotopic (exact) mass is 562 g/mol. The predicted octanol–water partition coefficient (Wildman–Crippen LogP) is 6.05. The zero-order valence-electron chi connectivity index (χ0n) is 21.6. The molecule has 0 fully saturated rings. The summed E-state index contributed by atoms with van der Waals surface area (Å²) in [6.07, 6.45) is 2.10. The first-order valence-corrected chi connectivity index (χ1v) is 14.7. The Morgan fingerprint density at radius 2 is 1.64 bits per heavy atom. The average Bonchev–Trinajstić information content (AvgIpc) is 2.91. The summed E-state index contributed by atoms with van der Waals surface area (Å²) < 4.78 is 70.8. The van der Waals surface area contributed by atoms with E-state index in [1.807, 2.05) is 4.90 Å². The Labute approximate surface area is 227 Å². The van der Waals surface area contributed by atoms with Gasteiger partial charge in [0.15, 0.2) is 5.03 Å². The van der Waals surface area contributed by atoms with Crippen molar-refractivity contribution in [3.05, 3.63) is 65.7 Å². The zero-order valence-corrected chi connectivity index (χ0v) is 22.4. The number of halogens is 3. The summed E-state index contributed by atoms with van der Waals surface area (Å²) in [4.78, 5) is 10.5. The topological polar surface area (TPSA) is 95.4 Å². The van der Waals surface area contributed by atoms with E-state index in [4.69, 9.17) is 0 Å². The van der Waals surface area contributed by atoms with Gasteiger partial charge in [0, 0.05) is 25.3 Å². The fourth-order valence-electron chi connectivity index (χ4n) is 4.77. The molecule has 7 nitrogen and oxygen atoms in total. The molecule has 3 aromatic rings. The summed E-state index contributed by atoms with van der Waals surface area (Å²) in [5.74, 6) is 0.231. The Morgan fingerprint density at radius 1 is 0.897 bits per heavy atom. The Morgan fingerprint density at radius 3 is 2.41 bits per heavy atom. The molecule has 0 atom stereocenters. The molecule has 11 heteroatoms. The van der Waals surface area contributed by atoms with Crippen LogP contribution >= 0.6 is 0 Å². The summed E-state index contributed by atoms with van der Waals surface area (Å²) in [5.41, 5.74) is -0.165. The van der Waals surface area contributed by atoms with Crippen molar-refractivity contribution >= 4 is 21.7 Å². The number of nitrogens with one attached hydrogen (secondary N) is 1. The van der Waals surface area contributed by atoms with Crippen molar-refractivity contribution in [1.82, 2.24) is 9.97 Å². The summed E-state index contributed by atoms with van der Waals surface area (Å²) in [5, 5.41) is 9.07. The van der Waals surface area contributed by atoms with Crippen LogP contribution in [-0.4, -0.2) is 43.2 Å². The van der Waals surface area contributed by atoms with Gasteiger partial charge in [-0.15, -0.1) is 0 Å². The third-order valence-electron chi connectivity index (χ3n) is 6.73. The van der Waals surface area contributed by atoms with Gasteiger partial charge in [-0.2, -0.15) is 21.6 Å². The number of alkyl halides is 3. The van der Waals surface area contributed by atoms with Gasteiger partial charge >= 0.3 is 6.18 Å². The molecule has 0 amide bonds. The lowest BCUT2D eigenvalue weighted by molar-refractivity contribution is -0.137. The van der Waals surface area contributed by atoms with Crippen LogP contribution in [0.5, 0.6) is 0 Å². The van der Waals surface area contributed by atoms with Crippen molar-refractivity contribution in [1.29, 1.82) is 0 Å². The fraction of sp³-hybridized carbons (Fsp3) is 0.429. The van der Waals surface area contributed by atoms with E-state index in [0.29, 0.717) is 37.3 Å². The van der Waals surface area contributed by atoms with Crippen LogP contribution in [0, 0.1) is 0 Å². The van der Waals surface area contributed by atoms with Gasteiger partial charge in [-0.25, -0.2) is 9.97 Å². The number of benzene rings is 1. The lowest BCUT2D eigenvalue weighted by atomic mass is 9.96. The first-order valence-electron chi connectivity index (χ1n) is 13.2. The number of nitrogens with zero attached hydrogens (tertiary/aromatic N) is 3. The van der Waals surface area contributed by atoms with Crippen molar-refractivity contribution in [2.45, 2.75) is 62.6 Å². The van der Waals surface area contributed by atoms with Crippen LogP contribution in [0.4, 0.5) is 24.8 Å². The highest BCUT2D eigenvalue weighted by Gasteiger charge is 2.35. The number of fused-ring (bicyclic) bond motifs is 6. The summed E-state index contributed by atoms with van der Waals surface area (Å²) in [7, 11) is -4.25. The predicted molar refractivity (Wildman–Crippen MR) is 145 cm³/mol. The van der Waals surface area contributed by atoms with E-state index in [2.05, 4.69) is 14.7 Å². The van der Waals surface area contributed by atoms with Crippen LogP contribution in [0.25, 0.3) is 11.3 Å². The molecule has 4 bridgehead atoms. The molecule has 2 N–H and O–H groups in total. The molecule has 0 radical (unpaired) electrons. The largest absolute Gasteiger partial charge is 0.418 e. The Bertz CT molecular complexity index is 1370. The summed E-state index contributed by atoms with van der Waals surface area (Å²) in [6.45, 7) is 1.18. The molecule has 1 aliphatic heterocycles. The van der Waals surface area contributed by atoms with Crippen LogP contribution in [0.2, 0.25) is 0 Å². The number of sulfonamides is 1. The van der Waals surface area contributed by atoms with Crippen molar-refractivity contribution < 1.29 is 26.7 Å². The second kappa shape index (κ2) is 12.8. The lowest BCUT2D eigenvalue weighted by Crippen LogP contribution is -2.28. The average molecular weight is 563 g/mol. The number of hydrogen-bond donors (Lipinski definition) is 2. The highest BCUT2D eigenvalue weighted by molar-refractivity contribution is 7.92. The van der Waals surface area contributed by atoms with Gasteiger partial charge < -0.3 is 10.0 Å². The molecule has 1 aliphatic rings. The SMILES string of the molecule is O=S1(=O)Nc2ccc(C(F)(F)F)c(n2)-c2ccccc2CCCCCCCCN(CCCO)c2cccc1n2. The van der Waals surface area contributed by atoms with Crippen LogP contribution in [0.15, 0.2) is 59.6 Å². The molecule has 3 heterocycles. The Balaban J connectivity index is 1.78. The van der Waals surface area contributed by atoms with E-state index in [-0.39, 0.29) is 23.1 Å². The first kappa shape index (κ1) is 28.8. The highest BCUT2D eigenvalue weighted by atomic mass is 32.2. The number of aryl methyl sites for hydroxylation is 1. The second-order valence-electron chi connectivity index (χ2n) is 9.62. The van der Waals surface area contributed by atoms with Gasteiger partial charge in [-0.3, -0.25) is 4.72 Å². The molecule has 39 heavy (non-hydrogen) atoms. The van der Waals surface area contributed by atoms with E-state index in [9.17, 15) is 26.7 Å². The minimum atomic E-state index is -4.67. The van der Waals surface area contributed by atoms with Crippen molar-refractivity contribution in [2.75, 3.05) is 29.3 Å². The zero-order chi connectivity index (χ0) is 27.9. The third kappa shape index (κ3) is 7.48. The first-order chi connectivity index (χ1) is 18.7. The second-order valence-corrected chi connectivity index (χ2v) is 11.3. The molecule has 0 saturated heterocycles. The number of aliphatic hydroxyl groups is 1. The third-order valence-corrected chi connectivity index (χ3v) is 7.99. The number of anilines is 2. The van der Waals surface area contributed by atoms with Crippen LogP contribution in [0.3, 0.4) is 0 Å². The fourth-order valence-corrected chi connectivity index (χ4v) is 5.73. The van der Waals surface area contributed by atoms with Gasteiger partial charge in [0.05, 0.1) is 11.3 Å². The van der Waals surface area contributed by atoms with E-state index in [1.165, 1.54) is 6.07 Å². The number of aliphatic hydroxyl groups excluding tert-OH is 1. The Kier molecular flexibility index (Phi) is 9.45. The van der Waals surface area contributed by atoms with Crippen LogP contribution in [0.1, 0.15) is 56.1 Å². The smallest absolute Gasteiger partial charge is 0.396 e. The minimum absolute atomic E-state index is 0.000355. The molecule has 0 spiro atoms. The molecule has 0 unspecified atom stereocenters. The summed E-state index contributed by atoms with van der Waals surface area (Å²) in [6, 6.07) is 13.3. The molecular formula is C28H33F3N4O3S. The molecular weight excluding hydrogens is 529 g/mol. The standard InChI is InChI=1S/C28H33F3N4O3S/c29-28(30,31)23-16-17-24-32-27(23)22-13-7-6-12-21(22)11-5-3-1-2-4-8-18-35(19-10-20-36)25-14-9-15-26(33-25)39(37,38)34-24/h6-7,9,12-17,36H,1-5,8,10-11,18-20H2,(H,32,34). The molecule has 0 saturated carbocycles. The van der Waals surface area contributed by atoms with Crippen LogP contribution in [-0.2, 0) is 22.6 Å². The van der Waals surface area contributed by atoms with E-state index in [0.717, 1.165) is 56.2 Å². The van der Waals surface area contributed by atoms with Gasteiger partial charge in [0.1, 0.15) is 11.6 Å². The quantitative estimate of drug-likeness (QED) is 0.404. The van der Waals surface area contributed by atoms with Gasteiger partial charge in [0.25, 0.3) is 10.0 Å². The molecule has 1 aromatic carbocycles. The highest BCUT2D eigenvalue weighted by Crippen LogP contribution is 2.38. The van der Waals surface area contributed by atoms with Crippen molar-refractivity contribution in [3.63, 3.8) is 0 Å². The Hall–Kier alpha value is -3.18. The molecule has 4 rings (SSSR count). The maximum atomic E-state index is 14.0. The molecule has 0 aliphatic carbocycles. The van der Waals surface area contributed by atoms with Crippen molar-refractivity contribution in [3.8, 4) is 11.3 Å². The normalized spacial score (nSPS) is 16.8. The summed E-state index contributed by atoms with van der Waals surface area (Å²) >= 11 is 0. The number of aromatic nitrogens is 2. The maximum Gasteiger partial charge on any atom is 0.418 e. The van der Waals surface area contributed by atoms with Gasteiger partial charge in [-0.1, -0.05) is 56.0 Å². The maximum absolute atomic E-state index is 14.0. The molecule has 2 aromatic heterocycles. The number of pyridine rings is 2. The lowest BCUT2D eigenvalue weighted by Gasteiger charge is -2.24. The van der Waals surface area contributed by atoms with Crippen molar-refractivity contribution in [2.24, 2.45) is 0 Å². The number of hydrogen-bond acceptors (Lipinski definition) is 6. The van der Waals surface area contributed by atoms with Crippen LogP contribution < -0.4 is 9.62 Å². The van der Waals surface area contributed by atoms with Gasteiger partial charge in [-0.05, 0) is 55.5 Å². The van der Waals surface area contributed by atoms with E-state index in [1.54, 1.807) is 36.4 Å².